The molecule has 1 aliphatic heterocycles. The second kappa shape index (κ2) is 9.29. The predicted molar refractivity (Wildman–Crippen MR) is 95.6 cm³/mol. The zero-order valence-electron chi connectivity index (χ0n) is 13.4. The van der Waals surface area contributed by atoms with Crippen LogP contribution in [0.1, 0.15) is 17.2 Å². The Kier molecular flexibility index (Phi) is 7.38. The maximum atomic E-state index is 12.3. The topological polar surface area (TPSA) is 37.4 Å². The highest BCUT2D eigenvalue weighted by Gasteiger charge is 2.24. The van der Waals surface area contributed by atoms with Crippen LogP contribution in [0.25, 0.3) is 0 Å². The molecule has 2 heterocycles. The number of halogens is 4. The minimum absolute atomic E-state index is 0. The number of piperazine rings is 1. The van der Waals surface area contributed by atoms with E-state index in [0.29, 0.717) is 6.54 Å². The molecule has 1 fully saturated rings. The molecule has 1 saturated heterocycles. The Balaban J connectivity index is 0.00000225. The monoisotopic (exact) mass is 389 g/mol. The molecule has 0 spiro atoms. The van der Waals surface area contributed by atoms with E-state index >= 15 is 0 Å². The van der Waals surface area contributed by atoms with Crippen molar-refractivity contribution in [2.24, 2.45) is 0 Å². The van der Waals surface area contributed by atoms with Crippen molar-refractivity contribution in [1.82, 2.24) is 15.2 Å². The first-order valence-corrected chi connectivity index (χ1v) is 8.09. The van der Waals surface area contributed by atoms with Gasteiger partial charge in [0.2, 0.25) is 0 Å². The average molecular weight is 390 g/mol. The van der Waals surface area contributed by atoms with E-state index in [9.17, 15) is 8.78 Å². The predicted octanol–water partition coefficient (Wildman–Crippen LogP) is 3.90. The van der Waals surface area contributed by atoms with Crippen molar-refractivity contribution in [3.05, 3.63) is 58.9 Å². The van der Waals surface area contributed by atoms with Gasteiger partial charge in [-0.15, -0.1) is 12.4 Å². The van der Waals surface area contributed by atoms with E-state index < -0.39 is 6.61 Å². The van der Waals surface area contributed by atoms with Crippen molar-refractivity contribution in [1.29, 1.82) is 0 Å². The lowest BCUT2D eigenvalue weighted by Crippen LogP contribution is -2.45. The minimum Gasteiger partial charge on any atom is -0.433 e. The number of ether oxygens (including phenoxy) is 1. The first-order chi connectivity index (χ1) is 11.6. The van der Waals surface area contributed by atoms with Gasteiger partial charge in [-0.05, 0) is 29.3 Å². The van der Waals surface area contributed by atoms with Gasteiger partial charge in [0.15, 0.2) is 0 Å². The molecule has 0 bridgehead atoms. The Morgan fingerprint density at radius 3 is 2.88 bits per heavy atom. The second-order valence-corrected chi connectivity index (χ2v) is 6.03. The highest BCUT2D eigenvalue weighted by molar-refractivity contribution is 6.32. The maximum Gasteiger partial charge on any atom is 0.387 e. The molecule has 1 aromatic heterocycles. The third kappa shape index (κ3) is 5.25. The summed E-state index contributed by atoms with van der Waals surface area (Å²) < 4.78 is 29.0. The number of aromatic nitrogens is 1. The van der Waals surface area contributed by atoms with Crippen LogP contribution in [-0.4, -0.2) is 36.1 Å². The summed E-state index contributed by atoms with van der Waals surface area (Å²) in [6.07, 6.45) is 3.63. The van der Waals surface area contributed by atoms with Crippen LogP contribution >= 0.6 is 24.0 Å². The van der Waals surface area contributed by atoms with Gasteiger partial charge in [0.05, 0.1) is 5.02 Å². The summed E-state index contributed by atoms with van der Waals surface area (Å²) in [4.78, 5) is 6.52. The Morgan fingerprint density at radius 1 is 1.36 bits per heavy atom. The fraction of sp³-hybridized carbons (Fsp3) is 0.353. The van der Waals surface area contributed by atoms with E-state index in [-0.39, 0.29) is 29.2 Å². The van der Waals surface area contributed by atoms with Crippen molar-refractivity contribution in [2.45, 2.75) is 19.2 Å². The number of hydrogen-bond donors (Lipinski definition) is 1. The lowest BCUT2D eigenvalue weighted by atomic mass is 10.0. The van der Waals surface area contributed by atoms with Gasteiger partial charge in [-0.2, -0.15) is 8.78 Å². The molecule has 8 heteroatoms. The van der Waals surface area contributed by atoms with Crippen molar-refractivity contribution in [3.8, 4) is 5.75 Å². The Bertz CT molecular complexity index is 676. The molecule has 0 amide bonds. The number of alkyl halides is 2. The van der Waals surface area contributed by atoms with Crippen LogP contribution in [0.3, 0.4) is 0 Å². The van der Waals surface area contributed by atoms with Gasteiger partial charge in [0.25, 0.3) is 0 Å². The number of nitrogens with zero attached hydrogens (tertiary/aromatic N) is 2. The number of pyridine rings is 1. The summed E-state index contributed by atoms with van der Waals surface area (Å²) in [7, 11) is 0. The van der Waals surface area contributed by atoms with Crippen molar-refractivity contribution < 1.29 is 13.5 Å². The highest BCUT2D eigenvalue weighted by Crippen LogP contribution is 2.29. The van der Waals surface area contributed by atoms with Crippen LogP contribution in [-0.2, 0) is 6.54 Å². The van der Waals surface area contributed by atoms with E-state index in [1.165, 1.54) is 6.07 Å². The normalized spacial score (nSPS) is 18.0. The molecule has 1 aliphatic rings. The molecular formula is C17H19Cl2F2N3O. The lowest BCUT2D eigenvalue weighted by molar-refractivity contribution is -0.0498. The van der Waals surface area contributed by atoms with Crippen LogP contribution in [0.2, 0.25) is 5.02 Å². The maximum absolute atomic E-state index is 12.3. The fourth-order valence-electron chi connectivity index (χ4n) is 2.91. The Labute approximate surface area is 156 Å². The molecule has 25 heavy (non-hydrogen) atoms. The van der Waals surface area contributed by atoms with Crippen LogP contribution < -0.4 is 10.1 Å². The average Bonchev–Trinajstić information content (AvgIpc) is 2.58. The number of benzene rings is 1. The minimum atomic E-state index is -2.88. The Morgan fingerprint density at radius 2 is 2.20 bits per heavy atom. The molecule has 1 atom stereocenters. The number of rotatable bonds is 5. The molecule has 0 aliphatic carbocycles. The highest BCUT2D eigenvalue weighted by atomic mass is 35.5. The molecule has 4 nitrogen and oxygen atoms in total. The number of nitrogens with one attached hydrogen (secondary N) is 1. The van der Waals surface area contributed by atoms with Crippen LogP contribution in [0, 0.1) is 0 Å². The SMILES string of the molecule is Cl.FC(F)Oc1ccc(CN2CCNCC2c2cccnc2)cc1Cl. The van der Waals surface area contributed by atoms with E-state index in [0.717, 1.165) is 30.8 Å². The summed E-state index contributed by atoms with van der Waals surface area (Å²) in [5, 5.41) is 3.59. The van der Waals surface area contributed by atoms with Gasteiger partial charge in [-0.25, -0.2) is 0 Å². The third-order valence-corrected chi connectivity index (χ3v) is 4.32. The van der Waals surface area contributed by atoms with Gasteiger partial charge in [-0.1, -0.05) is 23.7 Å². The van der Waals surface area contributed by atoms with Gasteiger partial charge in [0.1, 0.15) is 5.75 Å². The largest absolute Gasteiger partial charge is 0.433 e. The first kappa shape index (κ1) is 19.8. The number of hydrogen-bond acceptors (Lipinski definition) is 4. The first-order valence-electron chi connectivity index (χ1n) is 7.71. The van der Waals surface area contributed by atoms with Crippen molar-refractivity contribution in [3.63, 3.8) is 0 Å². The second-order valence-electron chi connectivity index (χ2n) is 5.62. The summed E-state index contributed by atoms with van der Waals surface area (Å²) in [6, 6.07) is 9.14. The summed E-state index contributed by atoms with van der Waals surface area (Å²) in [6.45, 7) is 0.419. The molecule has 0 saturated carbocycles. The molecule has 2 aromatic rings. The Hall–Kier alpha value is -1.47. The van der Waals surface area contributed by atoms with Gasteiger partial charge in [0, 0.05) is 44.6 Å². The molecule has 136 valence electrons. The summed E-state index contributed by atoms with van der Waals surface area (Å²) >= 11 is 6.05. The van der Waals surface area contributed by atoms with Crippen molar-refractivity contribution >= 4 is 24.0 Å². The van der Waals surface area contributed by atoms with Crippen molar-refractivity contribution in [2.75, 3.05) is 19.6 Å². The lowest BCUT2D eigenvalue weighted by Gasteiger charge is -2.36. The molecule has 1 N–H and O–H groups in total. The zero-order valence-corrected chi connectivity index (χ0v) is 14.9. The van der Waals surface area contributed by atoms with E-state index in [1.807, 2.05) is 12.3 Å². The van der Waals surface area contributed by atoms with Gasteiger partial charge in [-0.3, -0.25) is 9.88 Å². The molecular weight excluding hydrogens is 371 g/mol. The van der Waals surface area contributed by atoms with Crippen LogP contribution in [0.15, 0.2) is 42.7 Å². The summed E-state index contributed by atoms with van der Waals surface area (Å²) in [5.41, 5.74) is 2.10. The zero-order chi connectivity index (χ0) is 16.9. The van der Waals surface area contributed by atoms with Crippen LogP contribution in [0.4, 0.5) is 8.78 Å². The van der Waals surface area contributed by atoms with E-state index in [2.05, 4.69) is 26.0 Å². The standard InChI is InChI=1S/C17H18ClF2N3O.ClH/c18-14-8-12(3-4-16(14)24-17(19)20)11-23-7-6-22-10-15(23)13-2-1-5-21-9-13;/h1-5,8-9,15,17,22H,6-7,10-11H2;1H. The van der Waals surface area contributed by atoms with Crippen LogP contribution in [0.5, 0.6) is 5.75 Å². The molecule has 0 radical (unpaired) electrons. The van der Waals surface area contributed by atoms with E-state index in [4.69, 9.17) is 11.6 Å². The van der Waals surface area contributed by atoms with Gasteiger partial charge < -0.3 is 10.1 Å². The quantitative estimate of drug-likeness (QED) is 0.840. The molecule has 3 rings (SSSR count). The molecule has 1 aromatic carbocycles. The van der Waals surface area contributed by atoms with Gasteiger partial charge >= 0.3 is 6.61 Å². The summed E-state index contributed by atoms with van der Waals surface area (Å²) in [5.74, 6) is -0.000429. The molecule has 1 unspecified atom stereocenters. The smallest absolute Gasteiger partial charge is 0.387 e. The third-order valence-electron chi connectivity index (χ3n) is 4.02. The van der Waals surface area contributed by atoms with E-state index in [1.54, 1.807) is 18.3 Å². The fourth-order valence-corrected chi connectivity index (χ4v) is 3.15.